The predicted molar refractivity (Wildman–Crippen MR) is 120 cm³/mol. The van der Waals surface area contributed by atoms with Gasteiger partial charge >= 0.3 is 0 Å². The van der Waals surface area contributed by atoms with Crippen LogP contribution in [0, 0.1) is 6.92 Å². The van der Waals surface area contributed by atoms with Gasteiger partial charge in [0.2, 0.25) is 18.2 Å². The summed E-state index contributed by atoms with van der Waals surface area (Å²) in [4.78, 5) is 12.7. The average Bonchev–Trinajstić information content (AvgIpc) is 3.32. The Morgan fingerprint density at radius 3 is 2.23 bits per heavy atom. The molecule has 4 rings (SSSR count). The number of hydrogen-bond donors (Lipinski definition) is 1. The Morgan fingerprint density at radius 2 is 1.67 bits per heavy atom. The molecule has 0 aliphatic heterocycles. The van der Waals surface area contributed by atoms with E-state index in [-0.39, 0.29) is 11.2 Å². The van der Waals surface area contributed by atoms with Gasteiger partial charge in [-0.1, -0.05) is 60.7 Å². The van der Waals surface area contributed by atoms with Gasteiger partial charge in [0.05, 0.1) is 11.0 Å². The van der Waals surface area contributed by atoms with E-state index in [0.29, 0.717) is 11.6 Å². The molecule has 0 unspecified atom stereocenters. The first-order valence-electron chi connectivity index (χ1n) is 9.59. The minimum atomic E-state index is -0.0366. The molecule has 5 nitrogen and oxygen atoms in total. The molecular formula is C24H21N3O2S. The smallest absolute Gasteiger partial charge is 0.247 e. The number of rotatable bonds is 7. The monoisotopic (exact) mass is 415 g/mol. The summed E-state index contributed by atoms with van der Waals surface area (Å²) < 4.78 is 5.23. The van der Waals surface area contributed by atoms with Crippen LogP contribution in [0.4, 0.5) is 5.69 Å². The number of aryl methyl sites for hydroxylation is 1. The zero-order valence-electron chi connectivity index (χ0n) is 16.5. The first-order chi connectivity index (χ1) is 14.7. The van der Waals surface area contributed by atoms with E-state index in [9.17, 15) is 4.79 Å². The first kappa shape index (κ1) is 19.9. The van der Waals surface area contributed by atoms with Crippen molar-refractivity contribution in [3.63, 3.8) is 0 Å². The minimum absolute atomic E-state index is 0.0366. The molecule has 1 aromatic heterocycles. The van der Waals surface area contributed by atoms with E-state index in [1.54, 1.807) is 11.8 Å². The van der Waals surface area contributed by atoms with Crippen molar-refractivity contribution in [3.8, 4) is 11.5 Å². The van der Waals surface area contributed by atoms with Crippen molar-refractivity contribution in [1.29, 1.82) is 0 Å². The summed E-state index contributed by atoms with van der Waals surface area (Å²) in [5.41, 5.74) is 4.90. The number of thioether (sulfide) groups is 1. The van der Waals surface area contributed by atoms with Crippen LogP contribution in [0.3, 0.4) is 0 Å². The summed E-state index contributed by atoms with van der Waals surface area (Å²) in [5.74, 6) is 0.768. The predicted octanol–water partition coefficient (Wildman–Crippen LogP) is 5.51. The normalized spacial score (nSPS) is 10.9. The molecule has 0 aliphatic rings. The maximum Gasteiger partial charge on any atom is 0.247 e. The van der Waals surface area contributed by atoms with E-state index in [0.717, 1.165) is 16.8 Å². The number of carbonyl (C=O) groups is 1. The van der Waals surface area contributed by atoms with Crippen molar-refractivity contribution in [3.05, 3.63) is 102 Å². The van der Waals surface area contributed by atoms with Gasteiger partial charge in [-0.15, -0.1) is 22.0 Å². The van der Waals surface area contributed by atoms with Gasteiger partial charge in [0.15, 0.2) is 0 Å². The molecule has 1 amide bonds. The van der Waals surface area contributed by atoms with Gasteiger partial charge in [0, 0.05) is 11.3 Å². The lowest BCUT2D eigenvalue weighted by atomic mass is 10.0. The third kappa shape index (κ3) is 4.78. The SMILES string of the molecule is Cc1cc(-c2nnco2)ccc1NC(=O)CSC(c1ccccc1)c1ccccc1. The van der Waals surface area contributed by atoms with Crippen LogP contribution in [-0.2, 0) is 4.79 Å². The van der Waals surface area contributed by atoms with Crippen molar-refractivity contribution >= 4 is 23.4 Å². The standard InChI is InChI=1S/C24H21N3O2S/c1-17-14-20(24-27-25-16-29-24)12-13-21(17)26-22(28)15-30-23(18-8-4-2-5-9-18)19-10-6-3-7-11-19/h2-14,16,23H,15H2,1H3,(H,26,28). The highest BCUT2D eigenvalue weighted by atomic mass is 32.2. The number of amides is 1. The lowest BCUT2D eigenvalue weighted by molar-refractivity contribution is -0.113. The molecule has 0 saturated carbocycles. The summed E-state index contributed by atoms with van der Waals surface area (Å²) in [6.07, 6.45) is 1.30. The van der Waals surface area contributed by atoms with Gasteiger partial charge in [-0.25, -0.2) is 0 Å². The van der Waals surface area contributed by atoms with Gasteiger partial charge in [0.25, 0.3) is 0 Å². The topological polar surface area (TPSA) is 68.0 Å². The fourth-order valence-corrected chi connectivity index (χ4v) is 4.31. The van der Waals surface area contributed by atoms with Crippen molar-refractivity contribution in [2.75, 3.05) is 11.1 Å². The molecule has 0 atom stereocenters. The molecule has 0 fully saturated rings. The summed E-state index contributed by atoms with van der Waals surface area (Å²) in [6.45, 7) is 1.94. The second-order valence-electron chi connectivity index (χ2n) is 6.83. The maximum atomic E-state index is 12.7. The highest BCUT2D eigenvalue weighted by Gasteiger charge is 2.17. The largest absolute Gasteiger partial charge is 0.423 e. The molecule has 3 aromatic carbocycles. The Hall–Kier alpha value is -3.38. The van der Waals surface area contributed by atoms with Crippen LogP contribution in [0.2, 0.25) is 0 Å². The van der Waals surface area contributed by atoms with E-state index in [4.69, 9.17) is 4.42 Å². The first-order valence-corrected chi connectivity index (χ1v) is 10.6. The third-order valence-corrected chi connectivity index (χ3v) is 6.00. The second-order valence-corrected chi connectivity index (χ2v) is 7.93. The third-order valence-electron chi connectivity index (χ3n) is 4.69. The highest BCUT2D eigenvalue weighted by molar-refractivity contribution is 8.00. The van der Waals surface area contributed by atoms with Gasteiger partial charge < -0.3 is 9.73 Å². The second kappa shape index (κ2) is 9.41. The summed E-state index contributed by atoms with van der Waals surface area (Å²) in [5, 5.41) is 10.7. The molecular weight excluding hydrogens is 394 g/mol. The number of anilines is 1. The lowest BCUT2D eigenvalue weighted by Gasteiger charge is -2.18. The Balaban J connectivity index is 1.44. The van der Waals surface area contributed by atoms with E-state index in [1.807, 2.05) is 61.5 Å². The summed E-state index contributed by atoms with van der Waals surface area (Å²) >= 11 is 1.62. The Kier molecular flexibility index (Phi) is 6.25. The molecule has 0 saturated heterocycles. The average molecular weight is 416 g/mol. The summed E-state index contributed by atoms with van der Waals surface area (Å²) in [7, 11) is 0. The Morgan fingerprint density at radius 1 is 1.00 bits per heavy atom. The Labute approximate surface area is 179 Å². The van der Waals surface area contributed by atoms with Crippen molar-refractivity contribution in [1.82, 2.24) is 10.2 Å². The van der Waals surface area contributed by atoms with Crippen LogP contribution >= 0.6 is 11.8 Å². The molecule has 6 heteroatoms. The highest BCUT2D eigenvalue weighted by Crippen LogP contribution is 2.35. The van der Waals surface area contributed by atoms with Crippen molar-refractivity contribution < 1.29 is 9.21 Å². The number of nitrogens with one attached hydrogen (secondary N) is 1. The van der Waals surface area contributed by atoms with Crippen LogP contribution in [0.15, 0.2) is 89.7 Å². The number of hydrogen-bond acceptors (Lipinski definition) is 5. The van der Waals surface area contributed by atoms with Crippen LogP contribution in [0.25, 0.3) is 11.5 Å². The molecule has 0 aliphatic carbocycles. The molecule has 1 heterocycles. The zero-order chi connectivity index (χ0) is 20.8. The number of aromatic nitrogens is 2. The molecule has 0 radical (unpaired) electrons. The number of benzene rings is 3. The fourth-order valence-electron chi connectivity index (χ4n) is 3.22. The van der Waals surface area contributed by atoms with Crippen LogP contribution in [0.5, 0.6) is 0 Å². The number of nitrogens with zero attached hydrogens (tertiary/aromatic N) is 2. The maximum absolute atomic E-state index is 12.7. The van der Waals surface area contributed by atoms with Crippen molar-refractivity contribution in [2.24, 2.45) is 0 Å². The Bertz CT molecular complexity index is 1060. The van der Waals surface area contributed by atoms with E-state index in [2.05, 4.69) is 39.8 Å². The molecule has 1 N–H and O–H groups in total. The van der Waals surface area contributed by atoms with Gasteiger partial charge in [-0.3, -0.25) is 4.79 Å². The van der Waals surface area contributed by atoms with Gasteiger partial charge in [-0.2, -0.15) is 0 Å². The minimum Gasteiger partial charge on any atom is -0.423 e. The van der Waals surface area contributed by atoms with E-state index in [1.165, 1.54) is 17.5 Å². The molecule has 150 valence electrons. The van der Waals surface area contributed by atoms with Crippen LogP contribution in [-0.4, -0.2) is 21.9 Å². The lowest BCUT2D eigenvalue weighted by Crippen LogP contribution is -2.16. The van der Waals surface area contributed by atoms with Crippen LogP contribution < -0.4 is 5.32 Å². The quantitative estimate of drug-likeness (QED) is 0.431. The molecule has 30 heavy (non-hydrogen) atoms. The molecule has 0 spiro atoms. The van der Waals surface area contributed by atoms with Crippen molar-refractivity contribution in [2.45, 2.75) is 12.2 Å². The van der Waals surface area contributed by atoms with Gasteiger partial charge in [-0.05, 0) is 41.8 Å². The van der Waals surface area contributed by atoms with Gasteiger partial charge in [0.1, 0.15) is 0 Å². The zero-order valence-corrected chi connectivity index (χ0v) is 17.3. The number of carbonyl (C=O) groups excluding carboxylic acids is 1. The fraction of sp³-hybridized carbons (Fsp3) is 0.125. The van der Waals surface area contributed by atoms with Crippen LogP contribution in [0.1, 0.15) is 21.9 Å². The van der Waals surface area contributed by atoms with E-state index >= 15 is 0 Å². The van der Waals surface area contributed by atoms with E-state index < -0.39 is 0 Å². The summed E-state index contributed by atoms with van der Waals surface area (Å²) in [6, 6.07) is 26.2. The molecule has 0 bridgehead atoms. The molecule has 4 aromatic rings.